The van der Waals surface area contributed by atoms with Crippen LogP contribution in [0.2, 0.25) is 0 Å². The van der Waals surface area contributed by atoms with Crippen LogP contribution < -0.4 is 5.48 Å². The lowest BCUT2D eigenvalue weighted by Gasteiger charge is -2.08. The zero-order valence-electron chi connectivity index (χ0n) is 11.4. The second-order valence-corrected chi connectivity index (χ2v) is 3.74. The number of aliphatic hydroxyl groups is 1. The highest BCUT2D eigenvalue weighted by Crippen LogP contribution is 2.14. The quantitative estimate of drug-likeness (QED) is 0.792. The molecule has 0 radical (unpaired) electrons. The van der Waals surface area contributed by atoms with Crippen LogP contribution in [0.3, 0.4) is 0 Å². The van der Waals surface area contributed by atoms with Crippen LogP contribution in [0.4, 0.5) is 0 Å². The number of rotatable bonds is 4. The SMILES string of the molecule is CC.CO[NH2+]CC(O)c1ccn2c(C)cnc2c1. The van der Waals surface area contributed by atoms with Crippen LogP contribution in [0.5, 0.6) is 0 Å². The van der Waals surface area contributed by atoms with Gasteiger partial charge in [-0.2, -0.15) is 5.48 Å². The molecular formula is C13H22N3O2+. The third-order valence-electron chi connectivity index (χ3n) is 2.59. The minimum Gasteiger partial charge on any atom is -0.382 e. The number of nitrogens with zero attached hydrogens (tertiary/aromatic N) is 2. The van der Waals surface area contributed by atoms with Gasteiger partial charge in [-0.1, -0.05) is 13.8 Å². The molecule has 0 fully saturated rings. The van der Waals surface area contributed by atoms with Crippen molar-refractivity contribution < 1.29 is 15.4 Å². The van der Waals surface area contributed by atoms with Crippen molar-refractivity contribution in [1.82, 2.24) is 9.38 Å². The normalized spacial score (nSPS) is 12.1. The van der Waals surface area contributed by atoms with E-state index in [0.29, 0.717) is 6.54 Å². The van der Waals surface area contributed by atoms with Gasteiger partial charge in [0.2, 0.25) is 0 Å². The molecule has 0 aliphatic carbocycles. The van der Waals surface area contributed by atoms with Crippen molar-refractivity contribution in [2.75, 3.05) is 13.7 Å². The van der Waals surface area contributed by atoms with Crippen molar-refractivity contribution in [2.24, 2.45) is 0 Å². The van der Waals surface area contributed by atoms with Gasteiger partial charge in [0.15, 0.2) is 0 Å². The molecule has 2 aromatic heterocycles. The number of hydrogen-bond donors (Lipinski definition) is 2. The Morgan fingerprint density at radius 1 is 1.50 bits per heavy atom. The summed E-state index contributed by atoms with van der Waals surface area (Å²) in [4.78, 5) is 9.07. The third kappa shape index (κ3) is 3.29. The maximum atomic E-state index is 9.87. The lowest BCUT2D eigenvalue weighted by molar-refractivity contribution is -0.892. The van der Waals surface area contributed by atoms with Gasteiger partial charge in [0.05, 0.1) is 7.11 Å². The first-order valence-electron chi connectivity index (χ1n) is 6.18. The molecule has 0 aliphatic rings. The van der Waals surface area contributed by atoms with Gasteiger partial charge in [0.1, 0.15) is 18.3 Å². The average Bonchev–Trinajstić information content (AvgIpc) is 2.79. The second-order valence-electron chi connectivity index (χ2n) is 3.74. The molecule has 18 heavy (non-hydrogen) atoms. The smallest absolute Gasteiger partial charge is 0.137 e. The number of aryl methyl sites for hydroxylation is 1. The number of aromatic nitrogens is 2. The van der Waals surface area contributed by atoms with E-state index in [9.17, 15) is 5.11 Å². The number of imidazole rings is 1. The Morgan fingerprint density at radius 3 is 2.89 bits per heavy atom. The first kappa shape index (κ1) is 14.6. The molecular weight excluding hydrogens is 230 g/mol. The molecule has 3 N–H and O–H groups in total. The summed E-state index contributed by atoms with van der Waals surface area (Å²) in [6, 6.07) is 3.79. The van der Waals surface area contributed by atoms with Gasteiger partial charge < -0.3 is 9.51 Å². The van der Waals surface area contributed by atoms with E-state index >= 15 is 0 Å². The van der Waals surface area contributed by atoms with E-state index in [-0.39, 0.29) is 0 Å². The monoisotopic (exact) mass is 252 g/mol. The minimum atomic E-state index is -0.540. The summed E-state index contributed by atoms with van der Waals surface area (Å²) in [6.07, 6.45) is 3.19. The van der Waals surface area contributed by atoms with Gasteiger partial charge in [-0.25, -0.2) is 9.82 Å². The summed E-state index contributed by atoms with van der Waals surface area (Å²) in [5.41, 5.74) is 4.38. The Bertz CT molecular complexity index is 482. The van der Waals surface area contributed by atoms with Gasteiger partial charge in [0.25, 0.3) is 0 Å². The molecule has 0 aliphatic heterocycles. The number of fused-ring (bicyclic) bond motifs is 1. The number of nitrogens with two attached hydrogens (primary N) is 1. The van der Waals surface area contributed by atoms with Crippen molar-refractivity contribution in [2.45, 2.75) is 26.9 Å². The fourth-order valence-corrected chi connectivity index (χ4v) is 1.65. The van der Waals surface area contributed by atoms with E-state index in [2.05, 4.69) is 4.98 Å². The molecule has 0 saturated carbocycles. The zero-order chi connectivity index (χ0) is 13.5. The van der Waals surface area contributed by atoms with Gasteiger partial charge in [-0.3, -0.25) is 0 Å². The largest absolute Gasteiger partial charge is 0.382 e. The lowest BCUT2D eigenvalue weighted by Crippen LogP contribution is -2.83. The molecule has 0 saturated heterocycles. The molecule has 1 unspecified atom stereocenters. The summed E-state index contributed by atoms with van der Waals surface area (Å²) in [5, 5.41) is 9.87. The Balaban J connectivity index is 0.000000771. The fourth-order valence-electron chi connectivity index (χ4n) is 1.65. The van der Waals surface area contributed by atoms with Gasteiger partial charge >= 0.3 is 0 Å². The van der Waals surface area contributed by atoms with Crippen LogP contribution in [-0.4, -0.2) is 28.1 Å². The number of hydrogen-bond acceptors (Lipinski definition) is 3. The Morgan fingerprint density at radius 2 is 2.22 bits per heavy atom. The van der Waals surface area contributed by atoms with E-state index < -0.39 is 6.10 Å². The lowest BCUT2D eigenvalue weighted by atomic mass is 10.1. The van der Waals surface area contributed by atoms with E-state index in [4.69, 9.17) is 4.84 Å². The van der Waals surface area contributed by atoms with Crippen molar-refractivity contribution in [1.29, 1.82) is 0 Å². The third-order valence-corrected chi connectivity index (χ3v) is 2.59. The first-order chi connectivity index (χ1) is 8.72. The summed E-state index contributed by atoms with van der Waals surface area (Å²) in [6.45, 7) is 6.47. The summed E-state index contributed by atoms with van der Waals surface area (Å²) >= 11 is 0. The number of quaternary nitrogens is 1. The fraction of sp³-hybridized carbons (Fsp3) is 0.462. The predicted octanol–water partition coefficient (Wildman–Crippen LogP) is 0.827. The van der Waals surface area contributed by atoms with Crippen LogP contribution in [0, 0.1) is 6.92 Å². The number of hydroxylamine groups is 1. The molecule has 5 nitrogen and oxygen atoms in total. The van der Waals surface area contributed by atoms with Crippen molar-refractivity contribution in [3.8, 4) is 0 Å². The summed E-state index contributed by atoms with van der Waals surface area (Å²) < 4.78 is 1.98. The van der Waals surface area contributed by atoms with Gasteiger partial charge in [-0.15, -0.1) is 0 Å². The Hall–Kier alpha value is -1.43. The minimum absolute atomic E-state index is 0.479. The molecule has 1 atom stereocenters. The van der Waals surface area contributed by atoms with Gasteiger partial charge in [-0.05, 0) is 24.6 Å². The number of aliphatic hydroxyl groups excluding tert-OH is 1. The highest BCUT2D eigenvalue weighted by atomic mass is 16.6. The molecule has 0 aromatic carbocycles. The zero-order valence-corrected chi connectivity index (χ0v) is 11.4. The van der Waals surface area contributed by atoms with Crippen LogP contribution in [0.15, 0.2) is 24.5 Å². The predicted molar refractivity (Wildman–Crippen MR) is 70.0 cm³/mol. The Labute approximate surface area is 107 Å². The second kappa shape index (κ2) is 7.10. The highest BCUT2D eigenvalue weighted by Gasteiger charge is 2.11. The van der Waals surface area contributed by atoms with Crippen molar-refractivity contribution >= 4 is 5.65 Å². The van der Waals surface area contributed by atoms with E-state index in [1.807, 2.05) is 49.7 Å². The van der Waals surface area contributed by atoms with E-state index in [0.717, 1.165) is 16.9 Å². The maximum absolute atomic E-state index is 9.87. The van der Waals surface area contributed by atoms with Crippen molar-refractivity contribution in [3.63, 3.8) is 0 Å². The molecule has 0 amide bonds. The topological polar surface area (TPSA) is 63.4 Å². The van der Waals surface area contributed by atoms with E-state index in [1.165, 1.54) is 0 Å². The van der Waals surface area contributed by atoms with Crippen LogP contribution >= 0.6 is 0 Å². The first-order valence-corrected chi connectivity index (χ1v) is 6.18. The molecule has 2 aromatic rings. The molecule has 0 bridgehead atoms. The highest BCUT2D eigenvalue weighted by molar-refractivity contribution is 5.43. The van der Waals surface area contributed by atoms with Crippen LogP contribution in [-0.2, 0) is 4.84 Å². The molecule has 5 heteroatoms. The maximum Gasteiger partial charge on any atom is 0.137 e. The van der Waals surface area contributed by atoms with Gasteiger partial charge in [0, 0.05) is 18.1 Å². The summed E-state index contributed by atoms with van der Waals surface area (Å²) in [5.74, 6) is 0. The molecule has 100 valence electrons. The average molecular weight is 252 g/mol. The number of pyridine rings is 1. The molecule has 0 spiro atoms. The van der Waals surface area contributed by atoms with Crippen molar-refractivity contribution in [3.05, 3.63) is 35.8 Å². The summed E-state index contributed by atoms with van der Waals surface area (Å²) in [7, 11) is 1.58. The van der Waals surface area contributed by atoms with E-state index in [1.54, 1.807) is 12.6 Å². The molecule has 2 heterocycles. The van der Waals surface area contributed by atoms with Crippen LogP contribution in [0.1, 0.15) is 31.2 Å². The Kier molecular flexibility index (Phi) is 5.77. The molecule has 2 rings (SSSR count). The standard InChI is InChI=1S/C11H15N3O2.C2H6/c1-8-6-12-11-5-9(3-4-14(8)11)10(15)7-13-16-2;1-2/h3-6,10,13,15H,7H2,1-2H3;1-2H3/p+1. The van der Waals surface area contributed by atoms with Crippen LogP contribution in [0.25, 0.3) is 5.65 Å².